The summed E-state index contributed by atoms with van der Waals surface area (Å²) in [5.74, 6) is -0.569. The van der Waals surface area contributed by atoms with Gasteiger partial charge in [0.2, 0.25) is 11.8 Å². The van der Waals surface area contributed by atoms with E-state index in [1.165, 1.54) is 0 Å². The van der Waals surface area contributed by atoms with Crippen LogP contribution in [0.25, 0.3) is 0 Å². The highest BCUT2D eigenvalue weighted by Gasteiger charge is 2.49. The second-order valence-electron chi connectivity index (χ2n) is 6.96. The smallest absolute Gasteiger partial charge is 0.409 e. The first-order chi connectivity index (χ1) is 13.0. The van der Waals surface area contributed by atoms with Gasteiger partial charge in [0.15, 0.2) is 0 Å². The number of nitrogens with one attached hydrogen (secondary N) is 1. The molecule has 2 unspecified atom stereocenters. The molecule has 0 radical (unpaired) electrons. The molecule has 27 heavy (non-hydrogen) atoms. The molecule has 2 aliphatic rings. The first-order valence-corrected chi connectivity index (χ1v) is 9.64. The lowest BCUT2D eigenvalue weighted by atomic mass is 10.1. The van der Waals surface area contributed by atoms with Gasteiger partial charge in [0.1, 0.15) is 0 Å². The number of amides is 3. The van der Waals surface area contributed by atoms with Crippen molar-refractivity contribution in [2.45, 2.75) is 26.7 Å². The van der Waals surface area contributed by atoms with Gasteiger partial charge in [-0.1, -0.05) is 25.1 Å². The van der Waals surface area contributed by atoms with Crippen LogP contribution in [0.1, 0.15) is 25.8 Å². The molecule has 1 aliphatic heterocycles. The fourth-order valence-electron chi connectivity index (χ4n) is 3.49. The van der Waals surface area contributed by atoms with Gasteiger partial charge in [-0.05, 0) is 31.4 Å². The number of benzene rings is 1. The fraction of sp³-hybridized carbons (Fsp3) is 0.550. The number of para-hydroxylation sites is 1. The Balaban J connectivity index is 1.49. The minimum Gasteiger partial charge on any atom is -0.450 e. The Morgan fingerprint density at radius 2 is 1.70 bits per heavy atom. The normalized spacial score (nSPS) is 21.6. The molecule has 0 spiro atoms. The lowest BCUT2D eigenvalue weighted by Crippen LogP contribution is -2.51. The number of nitrogens with zero attached hydrogens (tertiary/aromatic N) is 2. The summed E-state index contributed by atoms with van der Waals surface area (Å²) in [7, 11) is 0. The van der Waals surface area contributed by atoms with Crippen molar-refractivity contribution in [1.29, 1.82) is 0 Å². The molecule has 3 amide bonds. The Hall–Kier alpha value is -2.57. The second-order valence-corrected chi connectivity index (χ2v) is 6.96. The van der Waals surface area contributed by atoms with Crippen molar-refractivity contribution in [3.63, 3.8) is 0 Å². The van der Waals surface area contributed by atoms with E-state index in [-0.39, 0.29) is 29.7 Å². The van der Waals surface area contributed by atoms with Gasteiger partial charge >= 0.3 is 6.09 Å². The summed E-state index contributed by atoms with van der Waals surface area (Å²) in [6.07, 6.45) is 1.11. The fourth-order valence-corrected chi connectivity index (χ4v) is 3.49. The van der Waals surface area contributed by atoms with Gasteiger partial charge in [-0.3, -0.25) is 9.59 Å². The number of anilines is 1. The van der Waals surface area contributed by atoms with Crippen molar-refractivity contribution in [3.8, 4) is 0 Å². The van der Waals surface area contributed by atoms with E-state index >= 15 is 0 Å². The zero-order valence-electron chi connectivity index (χ0n) is 15.9. The van der Waals surface area contributed by atoms with E-state index in [2.05, 4.69) is 5.32 Å². The third-order valence-corrected chi connectivity index (χ3v) is 5.22. The van der Waals surface area contributed by atoms with Crippen molar-refractivity contribution >= 4 is 23.6 Å². The molecule has 1 saturated carbocycles. The minimum atomic E-state index is -0.331. The Morgan fingerprint density at radius 3 is 2.37 bits per heavy atom. The molecule has 3 rings (SSSR count). The monoisotopic (exact) mass is 373 g/mol. The molecule has 1 aromatic carbocycles. The SMILES string of the molecule is CCOC(=O)N1CCN(C(=O)C2CC2C(=O)Nc2ccccc2CC)CC1. The Morgan fingerprint density at radius 1 is 1.04 bits per heavy atom. The molecular formula is C20H27N3O4. The standard InChI is InChI=1S/C20H27N3O4/c1-3-14-7-5-6-8-17(14)21-18(24)15-13-16(15)19(25)22-9-11-23(12-10-22)20(26)27-4-2/h5-8,15-16H,3-4,9-13H2,1-2H3,(H,21,24). The summed E-state index contributed by atoms with van der Waals surface area (Å²) >= 11 is 0. The van der Waals surface area contributed by atoms with Gasteiger partial charge in [-0.25, -0.2) is 4.79 Å². The van der Waals surface area contributed by atoms with Gasteiger partial charge in [0, 0.05) is 31.9 Å². The Kier molecular flexibility index (Phi) is 5.98. The van der Waals surface area contributed by atoms with Crippen molar-refractivity contribution in [1.82, 2.24) is 9.80 Å². The molecule has 1 aromatic rings. The quantitative estimate of drug-likeness (QED) is 0.858. The maximum atomic E-state index is 12.7. The number of carbonyl (C=O) groups excluding carboxylic acids is 3. The number of carbonyl (C=O) groups is 3. The third kappa shape index (κ3) is 4.40. The second kappa shape index (κ2) is 8.41. The highest BCUT2D eigenvalue weighted by molar-refractivity contribution is 6.00. The summed E-state index contributed by atoms with van der Waals surface area (Å²) in [6, 6.07) is 7.74. The molecule has 1 heterocycles. The Labute approximate surface area is 159 Å². The summed E-state index contributed by atoms with van der Waals surface area (Å²) < 4.78 is 4.99. The maximum Gasteiger partial charge on any atom is 0.409 e. The molecule has 0 aromatic heterocycles. The minimum absolute atomic E-state index is 0.0161. The third-order valence-electron chi connectivity index (χ3n) is 5.22. The largest absolute Gasteiger partial charge is 0.450 e. The van der Waals surface area contributed by atoms with Crippen LogP contribution >= 0.6 is 0 Å². The van der Waals surface area contributed by atoms with E-state index in [0.717, 1.165) is 17.7 Å². The van der Waals surface area contributed by atoms with Crippen molar-refractivity contribution in [2.75, 3.05) is 38.1 Å². The summed E-state index contributed by atoms with van der Waals surface area (Å²) in [5, 5.41) is 2.97. The van der Waals surface area contributed by atoms with Crippen LogP contribution in [0.4, 0.5) is 10.5 Å². The van der Waals surface area contributed by atoms with E-state index in [1.54, 1.807) is 16.7 Å². The summed E-state index contributed by atoms with van der Waals surface area (Å²) in [4.78, 5) is 40.3. The van der Waals surface area contributed by atoms with Crippen molar-refractivity contribution in [2.24, 2.45) is 11.8 Å². The first-order valence-electron chi connectivity index (χ1n) is 9.64. The zero-order chi connectivity index (χ0) is 19.4. The van der Waals surface area contributed by atoms with Crippen molar-refractivity contribution in [3.05, 3.63) is 29.8 Å². The number of piperazine rings is 1. The molecule has 1 aliphatic carbocycles. The number of rotatable bonds is 5. The van der Waals surface area contributed by atoms with Gasteiger partial charge < -0.3 is 19.9 Å². The average Bonchev–Trinajstić information content (AvgIpc) is 3.49. The van der Waals surface area contributed by atoms with E-state index in [4.69, 9.17) is 4.74 Å². The zero-order valence-corrected chi connectivity index (χ0v) is 15.9. The van der Waals surface area contributed by atoms with Crippen LogP contribution in [0.2, 0.25) is 0 Å². The van der Waals surface area contributed by atoms with Crippen LogP contribution in [-0.4, -0.2) is 60.5 Å². The van der Waals surface area contributed by atoms with Gasteiger partial charge in [-0.15, -0.1) is 0 Å². The van der Waals surface area contributed by atoms with E-state index in [1.807, 2.05) is 31.2 Å². The molecule has 0 bridgehead atoms. The van der Waals surface area contributed by atoms with E-state index < -0.39 is 0 Å². The topological polar surface area (TPSA) is 79.0 Å². The molecule has 1 saturated heterocycles. The number of hydrogen-bond donors (Lipinski definition) is 1. The van der Waals surface area contributed by atoms with Crippen LogP contribution in [0.3, 0.4) is 0 Å². The average molecular weight is 373 g/mol. The molecule has 2 atom stereocenters. The first kappa shape index (κ1) is 19.2. The molecule has 146 valence electrons. The molecule has 7 heteroatoms. The van der Waals surface area contributed by atoms with Crippen molar-refractivity contribution < 1.29 is 19.1 Å². The van der Waals surface area contributed by atoms with Crippen LogP contribution in [0.5, 0.6) is 0 Å². The molecule has 1 N–H and O–H groups in total. The number of hydrogen-bond acceptors (Lipinski definition) is 4. The van der Waals surface area contributed by atoms with E-state index in [0.29, 0.717) is 39.2 Å². The lowest BCUT2D eigenvalue weighted by Gasteiger charge is -2.34. The number of ether oxygens (including phenoxy) is 1. The molecule has 2 fully saturated rings. The predicted octanol–water partition coefficient (Wildman–Crippen LogP) is 2.12. The van der Waals surface area contributed by atoms with E-state index in [9.17, 15) is 14.4 Å². The van der Waals surface area contributed by atoms with Crippen LogP contribution in [0.15, 0.2) is 24.3 Å². The summed E-state index contributed by atoms with van der Waals surface area (Å²) in [6.45, 7) is 6.08. The highest BCUT2D eigenvalue weighted by Crippen LogP contribution is 2.41. The van der Waals surface area contributed by atoms with Gasteiger partial charge in [-0.2, -0.15) is 0 Å². The van der Waals surface area contributed by atoms with Crippen LogP contribution in [0, 0.1) is 11.8 Å². The predicted molar refractivity (Wildman–Crippen MR) is 101 cm³/mol. The van der Waals surface area contributed by atoms with Gasteiger partial charge in [0.25, 0.3) is 0 Å². The van der Waals surface area contributed by atoms with Crippen LogP contribution < -0.4 is 5.32 Å². The Bertz CT molecular complexity index is 713. The number of aryl methyl sites for hydroxylation is 1. The molecular weight excluding hydrogens is 346 g/mol. The highest BCUT2D eigenvalue weighted by atomic mass is 16.6. The van der Waals surface area contributed by atoms with Gasteiger partial charge in [0.05, 0.1) is 18.4 Å². The maximum absolute atomic E-state index is 12.7. The summed E-state index contributed by atoms with van der Waals surface area (Å²) in [5.41, 5.74) is 1.91. The van der Waals surface area contributed by atoms with Crippen LogP contribution in [-0.2, 0) is 20.7 Å². The molecule has 7 nitrogen and oxygen atoms in total. The lowest BCUT2D eigenvalue weighted by molar-refractivity contribution is -0.135.